The second kappa shape index (κ2) is 6.88. The maximum absolute atomic E-state index is 5.82. The number of nitrogens with zero attached hydrogens (tertiary/aromatic N) is 4. The predicted molar refractivity (Wildman–Crippen MR) is 74.0 cm³/mol. The van der Waals surface area contributed by atoms with Gasteiger partial charge in [0.05, 0.1) is 11.6 Å². The summed E-state index contributed by atoms with van der Waals surface area (Å²) in [5.74, 6) is 0. The highest BCUT2D eigenvalue weighted by Crippen LogP contribution is 2.25. The number of ether oxygens (including phenoxy) is 1. The second-order valence-electron chi connectivity index (χ2n) is 3.43. The van der Waals surface area contributed by atoms with Crippen molar-refractivity contribution in [3.8, 4) is 6.01 Å². The molecule has 0 amide bonds. The van der Waals surface area contributed by atoms with Crippen molar-refractivity contribution < 1.29 is 4.74 Å². The van der Waals surface area contributed by atoms with Crippen molar-refractivity contribution in [2.45, 2.75) is 23.5 Å². The van der Waals surface area contributed by atoms with Crippen molar-refractivity contribution in [2.24, 2.45) is 0 Å². The molecule has 8 heteroatoms. The fraction of sp³-hybridized carbons (Fsp3) is 0.273. The lowest BCUT2D eigenvalue weighted by molar-refractivity contribution is 0.288. The summed E-state index contributed by atoms with van der Waals surface area (Å²) in [6, 6.07) is 3.74. The van der Waals surface area contributed by atoms with Crippen molar-refractivity contribution in [1.29, 1.82) is 0 Å². The molecular formula is C11H10Cl2N4OS. The number of hydrogen-bond acceptors (Lipinski definition) is 6. The molecule has 0 aliphatic carbocycles. The number of rotatable bonds is 5. The average Bonchev–Trinajstić information content (AvgIpc) is 2.38. The summed E-state index contributed by atoms with van der Waals surface area (Å²) in [5, 5.41) is 1.82. The van der Waals surface area contributed by atoms with E-state index in [0.29, 0.717) is 21.8 Å². The molecule has 0 radical (unpaired) electrons. The monoisotopic (exact) mass is 316 g/mol. The molecule has 2 aromatic rings. The zero-order valence-electron chi connectivity index (χ0n) is 10.0. The molecule has 0 aliphatic heterocycles. The van der Waals surface area contributed by atoms with Gasteiger partial charge in [0.2, 0.25) is 10.4 Å². The molecule has 0 spiro atoms. The van der Waals surface area contributed by atoms with Gasteiger partial charge in [-0.2, -0.15) is 15.0 Å². The quantitative estimate of drug-likeness (QED) is 0.841. The Labute approximate surface area is 124 Å². The number of pyridine rings is 1. The molecule has 0 N–H and O–H groups in total. The summed E-state index contributed by atoms with van der Waals surface area (Å²) < 4.78 is 5.33. The molecule has 0 atom stereocenters. The van der Waals surface area contributed by atoms with Crippen LogP contribution < -0.4 is 4.74 Å². The summed E-state index contributed by atoms with van der Waals surface area (Å²) in [5.41, 5.74) is 0. The van der Waals surface area contributed by atoms with Crippen LogP contribution >= 0.6 is 35.0 Å². The predicted octanol–water partition coefficient (Wildman–Crippen LogP) is 3.51. The minimum atomic E-state index is 0.0950. The lowest BCUT2D eigenvalue weighted by Crippen LogP contribution is -2.02. The van der Waals surface area contributed by atoms with Crippen LogP contribution in [0.4, 0.5) is 0 Å². The molecule has 2 aromatic heterocycles. The zero-order valence-corrected chi connectivity index (χ0v) is 12.3. The van der Waals surface area contributed by atoms with Gasteiger partial charge in [-0.05, 0) is 41.9 Å². The Morgan fingerprint density at radius 1 is 1.21 bits per heavy atom. The smallest absolute Gasteiger partial charge is 0.321 e. The van der Waals surface area contributed by atoms with Gasteiger partial charge >= 0.3 is 6.01 Å². The molecule has 0 aliphatic rings. The van der Waals surface area contributed by atoms with Gasteiger partial charge < -0.3 is 4.74 Å². The Morgan fingerprint density at radius 2 is 2.05 bits per heavy atom. The highest BCUT2D eigenvalue weighted by atomic mass is 35.5. The fourth-order valence-electron chi connectivity index (χ4n) is 1.13. The van der Waals surface area contributed by atoms with Gasteiger partial charge in [0.25, 0.3) is 0 Å². The highest BCUT2D eigenvalue weighted by molar-refractivity contribution is 7.99. The standard InChI is InChI=1S/C11H10Cl2N4OS/c1-2-5-18-10-15-9(13)16-11(17-10)19-8-4-3-7(12)6-14-8/h3-4,6H,2,5H2,1H3. The average molecular weight is 317 g/mol. The maximum Gasteiger partial charge on any atom is 0.321 e. The van der Waals surface area contributed by atoms with Crippen LogP contribution in [0.15, 0.2) is 28.5 Å². The third-order valence-electron chi connectivity index (χ3n) is 1.90. The van der Waals surface area contributed by atoms with Crippen molar-refractivity contribution >= 4 is 35.0 Å². The van der Waals surface area contributed by atoms with Crippen molar-refractivity contribution in [3.05, 3.63) is 28.6 Å². The summed E-state index contributed by atoms with van der Waals surface area (Å²) in [6.07, 6.45) is 2.42. The molecule has 0 fully saturated rings. The minimum Gasteiger partial charge on any atom is -0.463 e. The summed E-state index contributed by atoms with van der Waals surface area (Å²) in [6.45, 7) is 2.53. The normalized spacial score (nSPS) is 10.5. The van der Waals surface area contributed by atoms with E-state index in [-0.39, 0.29) is 11.3 Å². The van der Waals surface area contributed by atoms with Crippen LogP contribution in [-0.2, 0) is 0 Å². The van der Waals surface area contributed by atoms with Crippen LogP contribution in [-0.4, -0.2) is 26.5 Å². The van der Waals surface area contributed by atoms with E-state index in [1.165, 1.54) is 11.8 Å². The van der Waals surface area contributed by atoms with E-state index in [9.17, 15) is 0 Å². The molecule has 2 rings (SSSR count). The first-order valence-electron chi connectivity index (χ1n) is 5.51. The third kappa shape index (κ3) is 4.49. The Morgan fingerprint density at radius 3 is 2.74 bits per heavy atom. The summed E-state index contributed by atoms with van der Waals surface area (Å²) >= 11 is 12.9. The van der Waals surface area contributed by atoms with Crippen molar-refractivity contribution in [2.75, 3.05) is 6.61 Å². The number of aromatic nitrogens is 4. The van der Waals surface area contributed by atoms with Crippen LogP contribution in [0.2, 0.25) is 10.3 Å². The first kappa shape index (κ1) is 14.3. The van der Waals surface area contributed by atoms with Gasteiger partial charge in [-0.15, -0.1) is 0 Å². The second-order valence-corrected chi connectivity index (χ2v) is 5.20. The summed E-state index contributed by atoms with van der Waals surface area (Å²) in [7, 11) is 0. The molecule has 0 unspecified atom stereocenters. The lowest BCUT2D eigenvalue weighted by Gasteiger charge is -2.04. The first-order valence-corrected chi connectivity index (χ1v) is 7.08. The minimum absolute atomic E-state index is 0.0950. The van der Waals surface area contributed by atoms with E-state index in [1.807, 2.05) is 6.92 Å². The van der Waals surface area contributed by atoms with E-state index in [4.69, 9.17) is 27.9 Å². The molecule has 100 valence electrons. The lowest BCUT2D eigenvalue weighted by atomic mass is 10.5. The van der Waals surface area contributed by atoms with Crippen LogP contribution in [0, 0.1) is 0 Å². The Hall–Kier alpha value is -1.11. The maximum atomic E-state index is 5.82. The van der Waals surface area contributed by atoms with E-state index in [1.54, 1.807) is 18.3 Å². The van der Waals surface area contributed by atoms with Crippen molar-refractivity contribution in [1.82, 2.24) is 19.9 Å². The molecule has 5 nitrogen and oxygen atoms in total. The molecule has 0 saturated heterocycles. The van der Waals surface area contributed by atoms with Crippen LogP contribution in [0.3, 0.4) is 0 Å². The zero-order chi connectivity index (χ0) is 13.7. The molecule has 0 aromatic carbocycles. The SMILES string of the molecule is CCCOc1nc(Cl)nc(Sc2ccc(Cl)cn2)n1. The highest BCUT2D eigenvalue weighted by Gasteiger charge is 2.08. The molecule has 19 heavy (non-hydrogen) atoms. The number of hydrogen-bond donors (Lipinski definition) is 0. The Balaban J connectivity index is 2.15. The first-order chi connectivity index (χ1) is 9.17. The third-order valence-corrected chi connectivity index (χ3v) is 3.11. The molecule has 0 bridgehead atoms. The summed E-state index contributed by atoms with van der Waals surface area (Å²) in [4.78, 5) is 16.2. The van der Waals surface area contributed by atoms with E-state index in [2.05, 4.69) is 19.9 Å². The van der Waals surface area contributed by atoms with E-state index < -0.39 is 0 Å². The van der Waals surface area contributed by atoms with Crippen molar-refractivity contribution in [3.63, 3.8) is 0 Å². The van der Waals surface area contributed by atoms with Gasteiger partial charge in [-0.25, -0.2) is 4.98 Å². The van der Waals surface area contributed by atoms with Gasteiger partial charge in [0.1, 0.15) is 5.03 Å². The molecular weight excluding hydrogens is 307 g/mol. The fourth-order valence-corrected chi connectivity index (χ4v) is 2.13. The topological polar surface area (TPSA) is 60.8 Å². The van der Waals surface area contributed by atoms with E-state index >= 15 is 0 Å². The Kier molecular flexibility index (Phi) is 5.18. The number of halogens is 2. The van der Waals surface area contributed by atoms with Gasteiger partial charge in [-0.1, -0.05) is 18.5 Å². The molecule has 2 heterocycles. The molecule has 0 saturated carbocycles. The van der Waals surface area contributed by atoms with Crippen LogP contribution in [0.5, 0.6) is 6.01 Å². The van der Waals surface area contributed by atoms with Gasteiger partial charge in [-0.3, -0.25) is 0 Å². The Bertz CT molecular complexity index is 553. The largest absolute Gasteiger partial charge is 0.463 e. The van der Waals surface area contributed by atoms with E-state index in [0.717, 1.165) is 6.42 Å². The van der Waals surface area contributed by atoms with Crippen LogP contribution in [0.25, 0.3) is 0 Å². The van der Waals surface area contributed by atoms with Gasteiger partial charge in [0, 0.05) is 6.20 Å². The van der Waals surface area contributed by atoms with Gasteiger partial charge in [0.15, 0.2) is 0 Å². The van der Waals surface area contributed by atoms with Crippen LogP contribution in [0.1, 0.15) is 13.3 Å².